The van der Waals surface area contributed by atoms with Crippen LogP contribution in [0.5, 0.6) is 5.88 Å². The molecule has 0 aliphatic carbocycles. The zero-order chi connectivity index (χ0) is 18.5. The first-order valence-corrected chi connectivity index (χ1v) is 8.29. The smallest absolute Gasteiger partial charge is 0.248 e. The number of benzene rings is 2. The van der Waals surface area contributed by atoms with E-state index in [1.165, 1.54) is 0 Å². The topological polar surface area (TPSA) is 104 Å². The maximum absolute atomic E-state index is 11.8. The number of amides is 1. The van der Waals surface area contributed by atoms with E-state index < -0.39 is 5.91 Å². The number of carbonyl (C=O) groups is 1. The highest BCUT2D eigenvalue weighted by molar-refractivity contribution is 5.95. The van der Waals surface area contributed by atoms with Crippen molar-refractivity contribution in [1.82, 2.24) is 9.97 Å². The van der Waals surface area contributed by atoms with Crippen molar-refractivity contribution in [2.75, 3.05) is 12.3 Å². The summed E-state index contributed by atoms with van der Waals surface area (Å²) in [5.41, 5.74) is 15.9. The predicted molar refractivity (Wildman–Crippen MR) is 101 cm³/mol. The van der Waals surface area contributed by atoms with Crippen molar-refractivity contribution in [3.8, 4) is 17.1 Å². The average molecular weight is 348 g/mol. The lowest BCUT2D eigenvalue weighted by molar-refractivity contribution is 0.0999. The van der Waals surface area contributed by atoms with E-state index in [9.17, 15) is 4.79 Å². The molecule has 0 saturated heterocycles. The normalized spacial score (nSPS) is 10.5. The van der Waals surface area contributed by atoms with Crippen molar-refractivity contribution in [1.29, 1.82) is 0 Å². The SMILES string of the molecule is CCOc1cncc(-c2ccc(C(N)=O)c(Cc3cccc(N)c3)c2)n1. The average Bonchev–Trinajstić information content (AvgIpc) is 2.62. The first-order chi connectivity index (χ1) is 12.6. The molecule has 1 amide bonds. The Hall–Kier alpha value is -3.41. The summed E-state index contributed by atoms with van der Waals surface area (Å²) in [4.78, 5) is 20.4. The molecule has 0 bridgehead atoms. The van der Waals surface area contributed by atoms with E-state index >= 15 is 0 Å². The minimum atomic E-state index is -0.468. The maximum Gasteiger partial charge on any atom is 0.248 e. The fourth-order valence-electron chi connectivity index (χ4n) is 2.77. The van der Waals surface area contributed by atoms with Gasteiger partial charge in [-0.3, -0.25) is 9.78 Å². The maximum atomic E-state index is 11.8. The van der Waals surface area contributed by atoms with Crippen LogP contribution >= 0.6 is 0 Å². The summed E-state index contributed by atoms with van der Waals surface area (Å²) in [5.74, 6) is -0.00837. The number of hydrogen-bond donors (Lipinski definition) is 2. The van der Waals surface area contributed by atoms with Gasteiger partial charge in [-0.25, -0.2) is 4.98 Å². The molecular formula is C20H20N4O2. The summed E-state index contributed by atoms with van der Waals surface area (Å²) in [6.45, 7) is 2.40. The molecule has 0 atom stereocenters. The molecule has 0 fully saturated rings. The Morgan fingerprint density at radius 1 is 1.15 bits per heavy atom. The molecule has 1 heterocycles. The minimum Gasteiger partial charge on any atom is -0.477 e. The van der Waals surface area contributed by atoms with Crippen LogP contribution in [0.1, 0.15) is 28.4 Å². The first-order valence-electron chi connectivity index (χ1n) is 8.29. The molecule has 0 spiro atoms. The van der Waals surface area contributed by atoms with E-state index in [0.717, 1.165) is 16.7 Å². The van der Waals surface area contributed by atoms with Crippen LogP contribution in [0.2, 0.25) is 0 Å². The lowest BCUT2D eigenvalue weighted by Gasteiger charge is -2.11. The third kappa shape index (κ3) is 3.97. The van der Waals surface area contributed by atoms with E-state index in [0.29, 0.717) is 35.9 Å². The number of hydrogen-bond acceptors (Lipinski definition) is 5. The molecule has 6 heteroatoms. The number of carbonyl (C=O) groups excluding carboxylic acids is 1. The number of nitrogens with zero attached hydrogens (tertiary/aromatic N) is 2. The Morgan fingerprint density at radius 2 is 2.00 bits per heavy atom. The third-order valence-corrected chi connectivity index (χ3v) is 3.92. The molecule has 6 nitrogen and oxygen atoms in total. The standard InChI is InChI=1S/C20H20N4O2/c1-2-26-19-12-23-11-18(24-19)14-6-7-17(20(22)25)15(10-14)8-13-4-3-5-16(21)9-13/h3-7,9-12H,2,8,21H2,1H3,(H2,22,25). The number of nitrogen functional groups attached to an aromatic ring is 1. The second kappa shape index (κ2) is 7.65. The van der Waals surface area contributed by atoms with Crippen LogP contribution in [-0.2, 0) is 6.42 Å². The summed E-state index contributed by atoms with van der Waals surface area (Å²) in [6.07, 6.45) is 3.76. The molecule has 0 unspecified atom stereocenters. The van der Waals surface area contributed by atoms with E-state index in [-0.39, 0.29) is 0 Å². The molecule has 3 rings (SSSR count). The Balaban J connectivity index is 2.01. The second-order valence-corrected chi connectivity index (χ2v) is 5.83. The van der Waals surface area contributed by atoms with Crippen LogP contribution < -0.4 is 16.2 Å². The minimum absolute atomic E-state index is 0.460. The zero-order valence-corrected chi connectivity index (χ0v) is 14.5. The van der Waals surface area contributed by atoms with Gasteiger partial charge in [-0.2, -0.15) is 0 Å². The van der Waals surface area contributed by atoms with Crippen LogP contribution in [-0.4, -0.2) is 22.5 Å². The molecule has 0 saturated carbocycles. The highest BCUT2D eigenvalue weighted by atomic mass is 16.5. The summed E-state index contributed by atoms with van der Waals surface area (Å²) >= 11 is 0. The van der Waals surface area contributed by atoms with Gasteiger partial charge in [0.25, 0.3) is 0 Å². The van der Waals surface area contributed by atoms with E-state index in [4.69, 9.17) is 16.2 Å². The van der Waals surface area contributed by atoms with Gasteiger partial charge in [0, 0.05) is 16.8 Å². The van der Waals surface area contributed by atoms with Crippen LogP contribution in [0, 0.1) is 0 Å². The summed E-state index contributed by atoms with van der Waals surface area (Å²) in [6, 6.07) is 13.0. The molecule has 3 aromatic rings. The van der Waals surface area contributed by atoms with E-state index in [1.807, 2.05) is 43.3 Å². The van der Waals surface area contributed by atoms with Crippen LogP contribution in [0.15, 0.2) is 54.9 Å². The number of rotatable bonds is 6. The fraction of sp³-hybridized carbons (Fsp3) is 0.150. The van der Waals surface area contributed by atoms with Crippen molar-refractivity contribution < 1.29 is 9.53 Å². The van der Waals surface area contributed by atoms with Gasteiger partial charge in [0.1, 0.15) is 0 Å². The number of anilines is 1. The fourth-order valence-corrected chi connectivity index (χ4v) is 2.77. The largest absolute Gasteiger partial charge is 0.477 e. The van der Waals surface area contributed by atoms with E-state index in [2.05, 4.69) is 9.97 Å². The summed E-state index contributed by atoms with van der Waals surface area (Å²) in [7, 11) is 0. The molecule has 4 N–H and O–H groups in total. The molecule has 0 aliphatic rings. The van der Waals surface area contributed by atoms with Crippen molar-refractivity contribution in [3.05, 3.63) is 71.5 Å². The van der Waals surface area contributed by atoms with Gasteiger partial charge >= 0.3 is 0 Å². The lowest BCUT2D eigenvalue weighted by atomic mass is 9.96. The highest BCUT2D eigenvalue weighted by Gasteiger charge is 2.12. The molecule has 2 aromatic carbocycles. The van der Waals surface area contributed by atoms with E-state index in [1.54, 1.807) is 18.5 Å². The predicted octanol–water partition coefficient (Wildman–Crippen LogP) is 2.81. The van der Waals surface area contributed by atoms with Gasteiger partial charge in [0.15, 0.2) is 0 Å². The molecule has 26 heavy (non-hydrogen) atoms. The Labute approximate surface area is 151 Å². The van der Waals surface area contributed by atoms with Crippen LogP contribution in [0.3, 0.4) is 0 Å². The zero-order valence-electron chi connectivity index (χ0n) is 14.5. The van der Waals surface area contributed by atoms with Crippen molar-refractivity contribution in [2.24, 2.45) is 5.73 Å². The van der Waals surface area contributed by atoms with Gasteiger partial charge < -0.3 is 16.2 Å². The molecule has 132 valence electrons. The monoisotopic (exact) mass is 348 g/mol. The molecule has 0 aliphatic heterocycles. The Kier molecular flexibility index (Phi) is 5.12. The Morgan fingerprint density at radius 3 is 2.73 bits per heavy atom. The number of ether oxygens (including phenoxy) is 1. The van der Waals surface area contributed by atoms with Crippen molar-refractivity contribution >= 4 is 11.6 Å². The number of aromatic nitrogens is 2. The van der Waals surface area contributed by atoms with Gasteiger partial charge in [-0.05, 0) is 48.7 Å². The molecule has 0 radical (unpaired) electrons. The quantitative estimate of drug-likeness (QED) is 0.667. The molecule has 1 aromatic heterocycles. The van der Waals surface area contributed by atoms with Crippen LogP contribution in [0.25, 0.3) is 11.3 Å². The lowest BCUT2D eigenvalue weighted by Crippen LogP contribution is -2.14. The highest BCUT2D eigenvalue weighted by Crippen LogP contribution is 2.24. The number of nitrogens with two attached hydrogens (primary N) is 2. The first kappa shape index (κ1) is 17.4. The Bertz CT molecular complexity index is 941. The third-order valence-electron chi connectivity index (χ3n) is 3.92. The van der Waals surface area contributed by atoms with Crippen molar-refractivity contribution in [3.63, 3.8) is 0 Å². The van der Waals surface area contributed by atoms with Gasteiger partial charge in [0.05, 0.1) is 24.7 Å². The van der Waals surface area contributed by atoms with Gasteiger partial charge in [-0.15, -0.1) is 0 Å². The second-order valence-electron chi connectivity index (χ2n) is 5.83. The van der Waals surface area contributed by atoms with Crippen molar-refractivity contribution in [2.45, 2.75) is 13.3 Å². The van der Waals surface area contributed by atoms with Gasteiger partial charge in [-0.1, -0.05) is 18.2 Å². The van der Waals surface area contributed by atoms with Gasteiger partial charge in [0.2, 0.25) is 11.8 Å². The summed E-state index contributed by atoms with van der Waals surface area (Å²) < 4.78 is 5.41. The number of primary amides is 1. The molecular weight excluding hydrogens is 328 g/mol. The summed E-state index contributed by atoms with van der Waals surface area (Å²) in [5, 5.41) is 0. The van der Waals surface area contributed by atoms with Crippen LogP contribution in [0.4, 0.5) is 5.69 Å².